The Kier molecular flexibility index (Phi) is 4.74. The van der Waals surface area contributed by atoms with Crippen molar-refractivity contribution in [2.75, 3.05) is 7.11 Å². The van der Waals surface area contributed by atoms with E-state index in [0.29, 0.717) is 6.54 Å². The van der Waals surface area contributed by atoms with Crippen LogP contribution in [0.3, 0.4) is 0 Å². The average Bonchev–Trinajstić information content (AvgIpc) is 2.45. The maximum Gasteiger partial charge on any atom is 0.258 e. The molecular weight excluding hydrogens is 325 g/mol. The molecule has 0 aromatic heterocycles. The van der Waals surface area contributed by atoms with Crippen molar-refractivity contribution in [3.05, 3.63) is 63.9 Å². The van der Waals surface area contributed by atoms with Crippen molar-refractivity contribution in [2.24, 2.45) is 0 Å². The number of rotatable bonds is 4. The molecule has 1 N–H and O–H groups in total. The first-order valence-electron chi connectivity index (χ1n) is 5.97. The van der Waals surface area contributed by atoms with Gasteiger partial charge in [0.15, 0.2) is 0 Å². The molecular formula is C15H13BrFNO2. The van der Waals surface area contributed by atoms with Gasteiger partial charge in [0.05, 0.1) is 7.11 Å². The zero-order chi connectivity index (χ0) is 14.5. The Morgan fingerprint density at radius 3 is 2.70 bits per heavy atom. The van der Waals surface area contributed by atoms with Gasteiger partial charge in [0.1, 0.15) is 17.1 Å². The summed E-state index contributed by atoms with van der Waals surface area (Å²) in [6, 6.07) is 11.8. The zero-order valence-electron chi connectivity index (χ0n) is 10.8. The molecule has 0 saturated carbocycles. The van der Waals surface area contributed by atoms with Gasteiger partial charge in [0, 0.05) is 11.0 Å². The van der Waals surface area contributed by atoms with Gasteiger partial charge >= 0.3 is 0 Å². The summed E-state index contributed by atoms with van der Waals surface area (Å²) in [7, 11) is 1.40. The lowest BCUT2D eigenvalue weighted by atomic mass is 10.1. The number of carbonyl (C=O) groups is 1. The summed E-state index contributed by atoms with van der Waals surface area (Å²) in [6.45, 7) is 0.303. The monoisotopic (exact) mass is 337 g/mol. The van der Waals surface area contributed by atoms with Crippen LogP contribution in [0.25, 0.3) is 0 Å². The van der Waals surface area contributed by atoms with E-state index >= 15 is 0 Å². The van der Waals surface area contributed by atoms with Crippen LogP contribution in [-0.4, -0.2) is 13.0 Å². The smallest absolute Gasteiger partial charge is 0.258 e. The highest BCUT2D eigenvalue weighted by Gasteiger charge is 2.17. The number of nitrogens with one attached hydrogen (secondary N) is 1. The molecule has 0 heterocycles. The van der Waals surface area contributed by atoms with Crippen molar-refractivity contribution < 1.29 is 13.9 Å². The largest absolute Gasteiger partial charge is 0.496 e. The second-order valence-corrected chi connectivity index (χ2v) is 4.95. The van der Waals surface area contributed by atoms with Gasteiger partial charge in [-0.3, -0.25) is 4.79 Å². The van der Waals surface area contributed by atoms with Crippen LogP contribution in [0.4, 0.5) is 4.39 Å². The molecule has 1 amide bonds. The Morgan fingerprint density at radius 1 is 1.25 bits per heavy atom. The fourth-order valence-corrected chi connectivity index (χ4v) is 2.23. The summed E-state index contributed by atoms with van der Waals surface area (Å²) in [5.74, 6) is -0.890. The topological polar surface area (TPSA) is 38.3 Å². The Bertz CT molecular complexity index is 631. The van der Waals surface area contributed by atoms with E-state index in [2.05, 4.69) is 21.2 Å². The number of methoxy groups -OCH3 is 1. The van der Waals surface area contributed by atoms with Crippen LogP contribution in [-0.2, 0) is 6.54 Å². The third kappa shape index (κ3) is 3.17. The lowest BCUT2D eigenvalue weighted by Gasteiger charge is -2.10. The van der Waals surface area contributed by atoms with E-state index in [9.17, 15) is 9.18 Å². The molecule has 0 aliphatic heterocycles. The van der Waals surface area contributed by atoms with Crippen molar-refractivity contribution in [3.63, 3.8) is 0 Å². The van der Waals surface area contributed by atoms with Crippen LogP contribution < -0.4 is 10.1 Å². The fourth-order valence-electron chi connectivity index (χ4n) is 1.80. The molecule has 0 aliphatic rings. The van der Waals surface area contributed by atoms with E-state index < -0.39 is 11.7 Å². The standard InChI is InChI=1S/C15H13BrFNO2/c1-20-13-8-4-7-12(17)14(13)15(19)18-9-10-5-2-3-6-11(10)16/h2-8H,9H2,1H3,(H,18,19). The first-order chi connectivity index (χ1) is 9.63. The van der Waals surface area contributed by atoms with Gasteiger partial charge < -0.3 is 10.1 Å². The van der Waals surface area contributed by atoms with Crippen LogP contribution in [0.5, 0.6) is 5.75 Å². The minimum atomic E-state index is -0.603. The summed E-state index contributed by atoms with van der Waals surface area (Å²) in [4.78, 5) is 12.1. The molecule has 0 spiro atoms. The van der Waals surface area contributed by atoms with Gasteiger partial charge in [-0.2, -0.15) is 0 Å². The molecule has 0 unspecified atom stereocenters. The molecule has 0 radical (unpaired) electrons. The molecule has 0 fully saturated rings. The summed E-state index contributed by atoms with van der Waals surface area (Å²) in [5, 5.41) is 2.68. The van der Waals surface area contributed by atoms with Crippen LogP contribution in [0.2, 0.25) is 0 Å². The predicted octanol–water partition coefficient (Wildman–Crippen LogP) is 3.53. The van der Waals surface area contributed by atoms with Crippen molar-refractivity contribution in [1.29, 1.82) is 0 Å². The van der Waals surface area contributed by atoms with Crippen molar-refractivity contribution >= 4 is 21.8 Å². The molecule has 2 aromatic carbocycles. The van der Waals surface area contributed by atoms with Gasteiger partial charge in [-0.05, 0) is 23.8 Å². The van der Waals surface area contributed by atoms with Gasteiger partial charge in [-0.15, -0.1) is 0 Å². The van der Waals surface area contributed by atoms with Gasteiger partial charge in [-0.25, -0.2) is 4.39 Å². The Hall–Kier alpha value is -1.88. The Morgan fingerprint density at radius 2 is 2.00 bits per heavy atom. The van der Waals surface area contributed by atoms with E-state index in [0.717, 1.165) is 10.0 Å². The van der Waals surface area contributed by atoms with Crippen LogP contribution in [0.15, 0.2) is 46.9 Å². The molecule has 20 heavy (non-hydrogen) atoms. The Labute approximate surface area is 124 Å². The van der Waals surface area contributed by atoms with Crippen LogP contribution >= 0.6 is 15.9 Å². The van der Waals surface area contributed by atoms with Gasteiger partial charge in [0.25, 0.3) is 5.91 Å². The molecule has 0 bridgehead atoms. The van der Waals surface area contributed by atoms with E-state index in [-0.39, 0.29) is 11.3 Å². The van der Waals surface area contributed by atoms with Crippen molar-refractivity contribution in [2.45, 2.75) is 6.54 Å². The number of ether oxygens (including phenoxy) is 1. The molecule has 104 valence electrons. The maximum atomic E-state index is 13.7. The van der Waals surface area contributed by atoms with Crippen molar-refractivity contribution in [1.82, 2.24) is 5.32 Å². The number of benzene rings is 2. The van der Waals surface area contributed by atoms with E-state index in [1.165, 1.54) is 19.2 Å². The fraction of sp³-hybridized carbons (Fsp3) is 0.133. The molecule has 0 saturated heterocycles. The van der Waals surface area contributed by atoms with E-state index in [1.807, 2.05) is 24.3 Å². The van der Waals surface area contributed by atoms with Crippen molar-refractivity contribution in [3.8, 4) is 5.75 Å². The molecule has 0 aliphatic carbocycles. The number of carbonyl (C=O) groups excluding carboxylic acids is 1. The second kappa shape index (κ2) is 6.52. The zero-order valence-corrected chi connectivity index (χ0v) is 12.4. The third-order valence-electron chi connectivity index (χ3n) is 2.82. The first kappa shape index (κ1) is 14.5. The van der Waals surface area contributed by atoms with Crippen LogP contribution in [0.1, 0.15) is 15.9 Å². The summed E-state index contributed by atoms with van der Waals surface area (Å²) in [6.07, 6.45) is 0. The lowest BCUT2D eigenvalue weighted by Crippen LogP contribution is -2.24. The van der Waals surface area contributed by atoms with E-state index in [1.54, 1.807) is 6.07 Å². The SMILES string of the molecule is COc1cccc(F)c1C(=O)NCc1ccccc1Br. The van der Waals surface area contributed by atoms with Gasteiger partial charge in [-0.1, -0.05) is 40.2 Å². The average molecular weight is 338 g/mol. The Balaban J connectivity index is 2.15. The van der Waals surface area contributed by atoms with Gasteiger partial charge in [0.2, 0.25) is 0 Å². The van der Waals surface area contributed by atoms with E-state index in [4.69, 9.17) is 4.74 Å². The van der Waals surface area contributed by atoms with Crippen LogP contribution in [0, 0.1) is 5.82 Å². The maximum absolute atomic E-state index is 13.7. The number of hydrogen-bond donors (Lipinski definition) is 1. The summed E-state index contributed by atoms with van der Waals surface area (Å²) in [5.41, 5.74) is 0.832. The molecule has 2 rings (SSSR count). The first-order valence-corrected chi connectivity index (χ1v) is 6.77. The summed E-state index contributed by atoms with van der Waals surface area (Å²) >= 11 is 3.40. The normalized spacial score (nSPS) is 10.2. The highest BCUT2D eigenvalue weighted by atomic mass is 79.9. The lowest BCUT2D eigenvalue weighted by molar-refractivity contribution is 0.0943. The molecule has 3 nitrogen and oxygen atoms in total. The highest BCUT2D eigenvalue weighted by Crippen LogP contribution is 2.21. The number of amides is 1. The number of halogens is 2. The minimum absolute atomic E-state index is 0.0814. The summed E-state index contributed by atoms with van der Waals surface area (Å²) < 4.78 is 19.6. The minimum Gasteiger partial charge on any atom is -0.496 e. The quantitative estimate of drug-likeness (QED) is 0.926. The second-order valence-electron chi connectivity index (χ2n) is 4.09. The number of hydrogen-bond acceptors (Lipinski definition) is 2. The predicted molar refractivity (Wildman–Crippen MR) is 78.3 cm³/mol. The third-order valence-corrected chi connectivity index (χ3v) is 3.59. The molecule has 5 heteroatoms. The molecule has 2 aromatic rings. The molecule has 0 atom stereocenters. The highest BCUT2D eigenvalue weighted by molar-refractivity contribution is 9.10.